The van der Waals surface area contributed by atoms with Crippen LogP contribution in [0.4, 0.5) is 11.4 Å². The lowest BCUT2D eigenvalue weighted by molar-refractivity contribution is -0.114. The third-order valence-corrected chi connectivity index (χ3v) is 6.66. The van der Waals surface area contributed by atoms with Crippen molar-refractivity contribution in [2.24, 2.45) is 4.99 Å². The summed E-state index contributed by atoms with van der Waals surface area (Å²) in [5, 5.41) is 2.16. The van der Waals surface area contributed by atoms with E-state index in [9.17, 15) is 9.59 Å². The number of rotatable bonds is 1. The molecular formula is C29H22N4O2. The molecule has 0 spiro atoms. The van der Waals surface area contributed by atoms with Crippen molar-refractivity contribution in [1.82, 2.24) is 9.38 Å². The lowest BCUT2D eigenvalue weighted by Crippen LogP contribution is -2.52. The number of para-hydroxylation sites is 4. The number of hydrogen-bond donors (Lipinski definition) is 0. The van der Waals surface area contributed by atoms with Crippen molar-refractivity contribution >= 4 is 57.9 Å². The highest BCUT2D eigenvalue weighted by atomic mass is 16.2. The minimum atomic E-state index is -0.153. The number of imidazole rings is 1. The quantitative estimate of drug-likeness (QED) is 0.440. The normalized spacial score (nSPS) is 16.0. The number of benzene rings is 2. The van der Waals surface area contributed by atoms with Crippen LogP contribution in [0.2, 0.25) is 0 Å². The van der Waals surface area contributed by atoms with E-state index in [0.29, 0.717) is 29.3 Å². The Morgan fingerprint density at radius 2 is 1.83 bits per heavy atom. The van der Waals surface area contributed by atoms with Gasteiger partial charge in [-0.3, -0.25) is 19.0 Å². The molecule has 170 valence electrons. The van der Waals surface area contributed by atoms with Crippen molar-refractivity contribution < 1.29 is 4.79 Å². The average Bonchev–Trinajstić information content (AvgIpc) is 3.16. The van der Waals surface area contributed by atoms with E-state index in [4.69, 9.17) is 4.98 Å². The van der Waals surface area contributed by atoms with E-state index in [-0.39, 0.29) is 11.5 Å². The maximum atomic E-state index is 13.8. The fourth-order valence-electron chi connectivity index (χ4n) is 5.03. The first kappa shape index (κ1) is 21.0. The molecule has 6 rings (SSSR count). The van der Waals surface area contributed by atoms with Gasteiger partial charge >= 0.3 is 0 Å². The van der Waals surface area contributed by atoms with Crippen LogP contribution in [0.25, 0.3) is 34.4 Å². The van der Waals surface area contributed by atoms with E-state index >= 15 is 0 Å². The summed E-state index contributed by atoms with van der Waals surface area (Å²) in [5.74, 6) is -0.0998. The van der Waals surface area contributed by atoms with Crippen molar-refractivity contribution in [3.05, 3.63) is 98.8 Å². The number of fused-ring (bicyclic) bond motifs is 8. The maximum Gasteiger partial charge on any atom is 0.264 e. The van der Waals surface area contributed by atoms with Gasteiger partial charge in [0.15, 0.2) is 0 Å². The highest BCUT2D eigenvalue weighted by Crippen LogP contribution is 2.30. The molecule has 2 aromatic heterocycles. The summed E-state index contributed by atoms with van der Waals surface area (Å²) < 4.78 is 1.66. The second kappa shape index (κ2) is 8.02. The number of nitrogens with zero attached hydrogens (tertiary/aromatic N) is 4. The predicted molar refractivity (Wildman–Crippen MR) is 141 cm³/mol. The van der Waals surface area contributed by atoms with Gasteiger partial charge in [0, 0.05) is 42.1 Å². The Morgan fingerprint density at radius 1 is 1.03 bits per heavy atom. The van der Waals surface area contributed by atoms with Crippen molar-refractivity contribution in [1.29, 1.82) is 0 Å². The van der Waals surface area contributed by atoms with Crippen molar-refractivity contribution in [2.45, 2.75) is 12.8 Å². The highest BCUT2D eigenvalue weighted by Gasteiger charge is 2.23. The molecule has 2 bridgehead atoms. The van der Waals surface area contributed by atoms with Gasteiger partial charge in [0.05, 0.1) is 22.4 Å². The molecule has 0 atom stereocenters. The van der Waals surface area contributed by atoms with Gasteiger partial charge in [-0.05, 0) is 35.6 Å². The summed E-state index contributed by atoms with van der Waals surface area (Å²) in [6.07, 6.45) is 9.94. The van der Waals surface area contributed by atoms with E-state index in [1.54, 1.807) is 28.5 Å². The number of hydrogen-bond acceptors (Lipinski definition) is 4. The first-order valence-electron chi connectivity index (χ1n) is 11.5. The SMILES string of the molecule is C=C/C=c1\c2c(c3nc4ccccc4n3c1=O)=CC=C1CC=2CC=Nc2ccccc2N(C)C1=O. The number of carbonyl (C=O) groups excluding carboxylic acids is 1. The minimum Gasteiger partial charge on any atom is -0.310 e. The average molecular weight is 459 g/mol. The lowest BCUT2D eigenvalue weighted by Gasteiger charge is -2.22. The number of aromatic nitrogens is 2. The van der Waals surface area contributed by atoms with Crippen molar-refractivity contribution in [2.75, 3.05) is 11.9 Å². The first-order valence-corrected chi connectivity index (χ1v) is 11.5. The molecule has 0 N–H and O–H groups in total. The van der Waals surface area contributed by atoms with Crippen LogP contribution in [0.15, 0.2) is 82.6 Å². The second-order valence-corrected chi connectivity index (χ2v) is 8.68. The molecule has 3 heterocycles. The smallest absolute Gasteiger partial charge is 0.264 e. The molecule has 0 unspecified atom stereocenters. The zero-order valence-electron chi connectivity index (χ0n) is 19.2. The molecule has 2 aliphatic rings. The molecule has 0 fully saturated rings. The molecule has 6 nitrogen and oxygen atoms in total. The fourth-order valence-corrected chi connectivity index (χ4v) is 5.03. The molecular weight excluding hydrogens is 436 g/mol. The van der Waals surface area contributed by atoms with E-state index in [1.165, 1.54) is 0 Å². The second-order valence-electron chi connectivity index (χ2n) is 8.68. The Labute approximate surface area is 200 Å². The first-order chi connectivity index (χ1) is 17.1. The van der Waals surface area contributed by atoms with Crippen LogP contribution in [-0.2, 0) is 4.79 Å². The number of aliphatic imine (C=N–C) groups is 1. The molecule has 1 aliphatic carbocycles. The number of likely N-dealkylation sites (N-methyl/N-ethyl adjacent to an activating group) is 1. The summed E-state index contributed by atoms with van der Waals surface area (Å²) in [4.78, 5) is 38.5. The Kier molecular flexibility index (Phi) is 4.81. The maximum absolute atomic E-state index is 13.8. The van der Waals surface area contributed by atoms with Crippen LogP contribution in [0, 0.1) is 0 Å². The third kappa shape index (κ3) is 3.18. The van der Waals surface area contributed by atoms with Gasteiger partial charge in [-0.2, -0.15) is 0 Å². The number of pyridine rings is 1. The van der Waals surface area contributed by atoms with E-state index in [2.05, 4.69) is 11.6 Å². The zero-order valence-corrected chi connectivity index (χ0v) is 19.2. The Balaban J connectivity index is 1.78. The summed E-state index contributed by atoms with van der Waals surface area (Å²) in [6.45, 7) is 3.85. The largest absolute Gasteiger partial charge is 0.310 e. The Morgan fingerprint density at radius 3 is 2.69 bits per heavy atom. The molecule has 1 aliphatic heterocycles. The van der Waals surface area contributed by atoms with Crippen LogP contribution < -0.4 is 26.1 Å². The number of carbonyl (C=O) groups is 1. The number of amides is 1. The van der Waals surface area contributed by atoms with Gasteiger partial charge in [-0.1, -0.05) is 54.6 Å². The van der Waals surface area contributed by atoms with Crippen LogP contribution in [0.1, 0.15) is 12.8 Å². The van der Waals surface area contributed by atoms with Crippen LogP contribution in [0.3, 0.4) is 0 Å². The number of anilines is 1. The van der Waals surface area contributed by atoms with Gasteiger partial charge in [0.2, 0.25) is 0 Å². The topological polar surface area (TPSA) is 67.0 Å². The molecule has 0 radical (unpaired) electrons. The molecule has 0 saturated carbocycles. The molecule has 6 heteroatoms. The molecule has 4 aromatic rings. The molecule has 1 amide bonds. The summed E-state index contributed by atoms with van der Waals surface area (Å²) >= 11 is 0. The Bertz CT molecular complexity index is 1880. The summed E-state index contributed by atoms with van der Waals surface area (Å²) in [6, 6.07) is 15.2. The molecule has 35 heavy (non-hydrogen) atoms. The molecule has 2 aromatic carbocycles. The summed E-state index contributed by atoms with van der Waals surface area (Å²) in [5.41, 5.74) is 5.01. The highest BCUT2D eigenvalue weighted by molar-refractivity contribution is 6.09. The van der Waals surface area contributed by atoms with Gasteiger partial charge in [0.25, 0.3) is 11.5 Å². The van der Waals surface area contributed by atoms with Crippen molar-refractivity contribution in [3.8, 4) is 0 Å². The van der Waals surface area contributed by atoms with Crippen LogP contribution >= 0.6 is 0 Å². The monoisotopic (exact) mass is 458 g/mol. The van der Waals surface area contributed by atoms with E-state index in [1.807, 2.05) is 66.9 Å². The zero-order chi connectivity index (χ0) is 24.1. The van der Waals surface area contributed by atoms with Gasteiger partial charge < -0.3 is 4.90 Å². The Hall–Kier alpha value is -4.58. The van der Waals surface area contributed by atoms with E-state index < -0.39 is 0 Å². The summed E-state index contributed by atoms with van der Waals surface area (Å²) in [7, 11) is 1.77. The van der Waals surface area contributed by atoms with Crippen LogP contribution in [-0.4, -0.2) is 28.6 Å². The van der Waals surface area contributed by atoms with Gasteiger partial charge in [0.1, 0.15) is 5.65 Å². The van der Waals surface area contributed by atoms with E-state index in [0.717, 1.165) is 38.4 Å². The third-order valence-electron chi connectivity index (χ3n) is 6.66. The molecule has 0 saturated heterocycles. The van der Waals surface area contributed by atoms with Gasteiger partial charge in [-0.15, -0.1) is 0 Å². The lowest BCUT2D eigenvalue weighted by atomic mass is 9.99. The minimum absolute atomic E-state index is 0.0998. The van der Waals surface area contributed by atoms with Crippen molar-refractivity contribution in [3.63, 3.8) is 0 Å². The van der Waals surface area contributed by atoms with Crippen LogP contribution in [0.5, 0.6) is 0 Å². The fraction of sp³-hybridized carbons (Fsp3) is 0.103. The predicted octanol–water partition coefficient (Wildman–Crippen LogP) is 2.56. The number of allylic oxidation sites excluding steroid dienone is 2. The standard InChI is InChI=1S/C29H22N4O2/c1-3-8-21-26-18-15-16-30-22-9-4-6-11-24(22)32(2)28(34)19(17-18)13-14-20(26)27-31-23-10-5-7-12-25(23)33(27)29(21)35/h3-14,16H,1,15,17H2,2H3/b21-8+,30-16?. The van der Waals surface area contributed by atoms with Gasteiger partial charge in [-0.25, -0.2) is 4.98 Å².